The zero-order valence-electron chi connectivity index (χ0n) is 7.18. The lowest BCUT2D eigenvalue weighted by Crippen LogP contribution is -1.75. The van der Waals surface area contributed by atoms with Gasteiger partial charge in [-0.2, -0.15) is 0 Å². The lowest BCUT2D eigenvalue weighted by Gasteiger charge is -1.95. The zero-order chi connectivity index (χ0) is 9.97. The topological polar surface area (TPSA) is 20.7 Å². The number of hydrogen-bond acceptors (Lipinski definition) is 3. The molecule has 14 heavy (non-hydrogen) atoms. The smallest absolute Gasteiger partial charge is 0.134 e. The van der Waals surface area contributed by atoms with Crippen LogP contribution in [-0.4, -0.2) is 9.19 Å². The van der Waals surface area contributed by atoms with Crippen LogP contribution in [0.15, 0.2) is 46.3 Å². The van der Waals surface area contributed by atoms with E-state index in [1.807, 2.05) is 24.4 Å². The summed E-state index contributed by atoms with van der Waals surface area (Å²) in [5.74, 6) is 0. The average molecular weight is 240 g/mol. The molecule has 1 aromatic heterocycles. The van der Waals surface area contributed by atoms with Crippen molar-refractivity contribution in [3.8, 4) is 0 Å². The van der Waals surface area contributed by atoms with Crippen LogP contribution in [-0.2, 0) is 0 Å². The SMILES string of the molecule is S=c1[nH]n(S)cc1Sc1ccccc1. The van der Waals surface area contributed by atoms with Crippen LogP contribution in [0.1, 0.15) is 0 Å². The predicted molar refractivity (Wildman–Crippen MR) is 64.6 cm³/mol. The van der Waals surface area contributed by atoms with E-state index >= 15 is 0 Å². The molecule has 1 heterocycles. The van der Waals surface area contributed by atoms with E-state index in [0.717, 1.165) is 4.90 Å². The number of thiol groups is 1. The molecule has 0 aliphatic carbocycles. The van der Waals surface area contributed by atoms with E-state index in [0.29, 0.717) is 4.64 Å². The van der Waals surface area contributed by atoms with Gasteiger partial charge in [-0.25, -0.2) is 4.09 Å². The largest absolute Gasteiger partial charge is 0.277 e. The number of aromatic nitrogens is 2. The molecule has 2 nitrogen and oxygen atoms in total. The van der Waals surface area contributed by atoms with Crippen molar-refractivity contribution >= 4 is 36.8 Å². The van der Waals surface area contributed by atoms with Crippen molar-refractivity contribution in [2.75, 3.05) is 0 Å². The summed E-state index contributed by atoms with van der Waals surface area (Å²) in [7, 11) is 0. The molecule has 0 radical (unpaired) electrons. The molecule has 0 aliphatic heterocycles. The number of nitrogens with zero attached hydrogens (tertiary/aromatic N) is 1. The molecule has 5 heteroatoms. The third-order valence-electron chi connectivity index (χ3n) is 1.65. The first-order valence-corrected chi connectivity index (χ1v) is 5.62. The normalized spacial score (nSPS) is 10.4. The molecular formula is C9H8N2S3. The molecule has 0 bridgehead atoms. The van der Waals surface area contributed by atoms with Gasteiger partial charge in [0.15, 0.2) is 0 Å². The van der Waals surface area contributed by atoms with Gasteiger partial charge in [-0.1, -0.05) is 42.2 Å². The first-order chi connectivity index (χ1) is 6.75. The molecule has 0 fully saturated rings. The van der Waals surface area contributed by atoms with Crippen LogP contribution in [0.4, 0.5) is 0 Å². The molecule has 0 atom stereocenters. The lowest BCUT2D eigenvalue weighted by atomic mass is 10.4. The number of H-pyrrole nitrogens is 1. The molecule has 0 aliphatic rings. The molecule has 0 saturated carbocycles. The summed E-state index contributed by atoms with van der Waals surface area (Å²) in [6, 6.07) is 10.1. The Balaban J connectivity index is 2.28. The molecule has 2 aromatic rings. The second-order valence-electron chi connectivity index (χ2n) is 2.69. The van der Waals surface area contributed by atoms with Crippen molar-refractivity contribution in [2.45, 2.75) is 9.79 Å². The average Bonchev–Trinajstić information content (AvgIpc) is 2.47. The van der Waals surface area contributed by atoms with Crippen molar-refractivity contribution in [2.24, 2.45) is 0 Å². The maximum atomic E-state index is 5.13. The summed E-state index contributed by atoms with van der Waals surface area (Å²) in [5, 5.41) is 2.90. The summed E-state index contributed by atoms with van der Waals surface area (Å²) in [6.07, 6.45) is 1.86. The van der Waals surface area contributed by atoms with E-state index in [1.54, 1.807) is 15.8 Å². The van der Waals surface area contributed by atoms with Crippen LogP contribution < -0.4 is 0 Å². The van der Waals surface area contributed by atoms with E-state index < -0.39 is 0 Å². The maximum absolute atomic E-state index is 5.13. The molecule has 72 valence electrons. The van der Waals surface area contributed by atoms with E-state index in [1.165, 1.54) is 4.90 Å². The van der Waals surface area contributed by atoms with Crippen LogP contribution in [0.25, 0.3) is 0 Å². The van der Waals surface area contributed by atoms with Gasteiger partial charge in [0, 0.05) is 4.90 Å². The maximum Gasteiger partial charge on any atom is 0.134 e. The van der Waals surface area contributed by atoms with Crippen molar-refractivity contribution < 1.29 is 0 Å². The Hall–Kier alpha value is -0.650. The van der Waals surface area contributed by atoms with Crippen LogP contribution in [0.2, 0.25) is 0 Å². The minimum atomic E-state index is 0.717. The lowest BCUT2D eigenvalue weighted by molar-refractivity contribution is 1.01. The van der Waals surface area contributed by atoms with Crippen LogP contribution in [0, 0.1) is 4.64 Å². The summed E-state index contributed by atoms with van der Waals surface area (Å²) in [6.45, 7) is 0. The molecule has 1 N–H and O–H groups in total. The van der Waals surface area contributed by atoms with Crippen molar-refractivity contribution in [3.63, 3.8) is 0 Å². The fraction of sp³-hybridized carbons (Fsp3) is 0. The zero-order valence-corrected chi connectivity index (χ0v) is 9.70. The fourth-order valence-electron chi connectivity index (χ4n) is 1.05. The van der Waals surface area contributed by atoms with Gasteiger partial charge >= 0.3 is 0 Å². The first kappa shape index (κ1) is 9.89. The highest BCUT2D eigenvalue weighted by atomic mass is 32.2. The monoisotopic (exact) mass is 240 g/mol. The van der Waals surface area contributed by atoms with E-state index in [9.17, 15) is 0 Å². The van der Waals surface area contributed by atoms with Gasteiger partial charge in [-0.15, -0.1) is 0 Å². The molecule has 0 amide bonds. The van der Waals surface area contributed by atoms with E-state index in [2.05, 4.69) is 30.0 Å². The van der Waals surface area contributed by atoms with Crippen LogP contribution >= 0.6 is 36.8 Å². The Kier molecular flexibility index (Phi) is 3.00. The van der Waals surface area contributed by atoms with E-state index in [4.69, 9.17) is 12.2 Å². The standard InChI is InChI=1S/C9H8N2S3/c12-9-8(6-11(13)10-9)14-7-4-2-1-3-5-7/h1-6,13H,(H,10,12). The van der Waals surface area contributed by atoms with Gasteiger partial charge in [-0.3, -0.25) is 5.10 Å². The Labute approximate surface area is 96.9 Å². The summed E-state index contributed by atoms with van der Waals surface area (Å²) in [4.78, 5) is 2.19. The fourth-order valence-corrected chi connectivity index (χ4v) is 2.53. The summed E-state index contributed by atoms with van der Waals surface area (Å²) < 4.78 is 2.28. The molecule has 0 saturated heterocycles. The van der Waals surface area contributed by atoms with Gasteiger partial charge in [-0.05, 0) is 24.9 Å². The highest BCUT2D eigenvalue weighted by Crippen LogP contribution is 2.27. The Morgan fingerprint density at radius 2 is 2.00 bits per heavy atom. The molecule has 0 spiro atoms. The Bertz CT molecular complexity index is 472. The molecule has 1 aromatic carbocycles. The third kappa shape index (κ3) is 2.23. The van der Waals surface area contributed by atoms with Crippen molar-refractivity contribution in [3.05, 3.63) is 41.2 Å². The third-order valence-corrected chi connectivity index (χ3v) is 3.34. The van der Waals surface area contributed by atoms with Gasteiger partial charge < -0.3 is 0 Å². The van der Waals surface area contributed by atoms with Gasteiger partial charge in [0.25, 0.3) is 0 Å². The van der Waals surface area contributed by atoms with Gasteiger partial charge in [0.1, 0.15) is 4.64 Å². The number of rotatable bonds is 2. The highest BCUT2D eigenvalue weighted by molar-refractivity contribution is 7.99. The van der Waals surface area contributed by atoms with E-state index in [-0.39, 0.29) is 0 Å². The summed E-state index contributed by atoms with van der Waals surface area (Å²) in [5.41, 5.74) is 0. The Morgan fingerprint density at radius 1 is 1.29 bits per heavy atom. The van der Waals surface area contributed by atoms with Crippen molar-refractivity contribution in [1.82, 2.24) is 9.19 Å². The van der Waals surface area contributed by atoms with Crippen LogP contribution in [0.3, 0.4) is 0 Å². The number of hydrogen-bond donors (Lipinski definition) is 2. The molecular weight excluding hydrogens is 232 g/mol. The number of nitrogens with one attached hydrogen (secondary N) is 1. The summed E-state index contributed by atoms with van der Waals surface area (Å²) >= 11 is 10.9. The minimum absolute atomic E-state index is 0.717. The number of aromatic amines is 1. The number of benzene rings is 1. The first-order valence-electron chi connectivity index (χ1n) is 3.99. The molecule has 2 rings (SSSR count). The second-order valence-corrected chi connectivity index (χ2v) is 4.65. The van der Waals surface area contributed by atoms with Gasteiger partial charge in [0.2, 0.25) is 0 Å². The predicted octanol–water partition coefficient (Wildman–Crippen LogP) is 3.39. The Morgan fingerprint density at radius 3 is 2.57 bits per heavy atom. The van der Waals surface area contributed by atoms with Crippen molar-refractivity contribution in [1.29, 1.82) is 0 Å². The quantitative estimate of drug-likeness (QED) is 0.620. The minimum Gasteiger partial charge on any atom is -0.277 e. The molecule has 0 unspecified atom stereocenters. The second kappa shape index (κ2) is 4.25. The van der Waals surface area contributed by atoms with Crippen LogP contribution in [0.5, 0.6) is 0 Å². The highest BCUT2D eigenvalue weighted by Gasteiger charge is 2.01. The van der Waals surface area contributed by atoms with Gasteiger partial charge in [0.05, 0.1) is 11.1 Å².